The van der Waals surface area contributed by atoms with Crippen LogP contribution < -0.4 is 5.32 Å². The molecule has 0 aromatic heterocycles. The van der Waals surface area contributed by atoms with Gasteiger partial charge in [0.05, 0.1) is 6.10 Å². The fourth-order valence-corrected chi connectivity index (χ4v) is 2.12. The Balaban J connectivity index is 2.61. The third-order valence-electron chi connectivity index (χ3n) is 2.93. The molecule has 0 radical (unpaired) electrons. The number of ether oxygens (including phenoxy) is 1. The van der Waals surface area contributed by atoms with Crippen molar-refractivity contribution >= 4 is 0 Å². The van der Waals surface area contributed by atoms with Gasteiger partial charge in [-0.05, 0) is 31.2 Å². The van der Waals surface area contributed by atoms with Crippen molar-refractivity contribution in [1.82, 2.24) is 5.32 Å². The van der Waals surface area contributed by atoms with Crippen molar-refractivity contribution in [1.29, 1.82) is 0 Å². The van der Waals surface area contributed by atoms with Gasteiger partial charge in [0.15, 0.2) is 0 Å². The van der Waals surface area contributed by atoms with Gasteiger partial charge < -0.3 is 10.1 Å². The Bertz CT molecular complexity index is 158. The van der Waals surface area contributed by atoms with Gasteiger partial charge in [0.1, 0.15) is 0 Å². The predicted molar refractivity (Wildman–Crippen MR) is 55.8 cm³/mol. The number of methoxy groups -OCH3 is 1. The van der Waals surface area contributed by atoms with E-state index >= 15 is 0 Å². The molecule has 1 N–H and O–H groups in total. The molecule has 2 atom stereocenters. The van der Waals surface area contributed by atoms with Crippen LogP contribution in [-0.2, 0) is 4.74 Å². The van der Waals surface area contributed by atoms with Gasteiger partial charge in [-0.3, -0.25) is 0 Å². The third kappa shape index (κ3) is 2.68. The summed E-state index contributed by atoms with van der Waals surface area (Å²) in [4.78, 5) is 0. The SMILES string of the molecule is CNC(C(OC)C1CC1)C(C)(C)C. The van der Waals surface area contributed by atoms with Crippen molar-refractivity contribution in [2.24, 2.45) is 11.3 Å². The second kappa shape index (κ2) is 3.97. The van der Waals surface area contributed by atoms with Crippen LogP contribution in [-0.4, -0.2) is 26.3 Å². The molecule has 1 rings (SSSR count). The van der Waals surface area contributed by atoms with Crippen LogP contribution in [0.2, 0.25) is 0 Å². The van der Waals surface area contributed by atoms with Gasteiger partial charge in [-0.1, -0.05) is 20.8 Å². The normalized spacial score (nSPS) is 22.8. The fraction of sp³-hybridized carbons (Fsp3) is 1.00. The molecule has 0 amide bonds. The van der Waals surface area contributed by atoms with E-state index in [-0.39, 0.29) is 5.41 Å². The molecule has 0 spiro atoms. The summed E-state index contributed by atoms with van der Waals surface area (Å²) >= 11 is 0. The average Bonchev–Trinajstić information content (AvgIpc) is 2.79. The predicted octanol–water partition coefficient (Wildman–Crippen LogP) is 2.05. The Morgan fingerprint density at radius 2 is 1.85 bits per heavy atom. The molecule has 0 aromatic rings. The van der Waals surface area contributed by atoms with Gasteiger partial charge >= 0.3 is 0 Å². The standard InChI is InChI=1S/C11H23NO/c1-11(2,3)10(12-4)9(13-5)8-6-7-8/h8-10,12H,6-7H2,1-5H3. The van der Waals surface area contributed by atoms with Crippen LogP contribution in [0.3, 0.4) is 0 Å². The summed E-state index contributed by atoms with van der Waals surface area (Å²) in [6, 6.07) is 0.463. The molecule has 0 aliphatic heterocycles. The van der Waals surface area contributed by atoms with Crippen LogP contribution in [0.1, 0.15) is 33.6 Å². The highest BCUT2D eigenvalue weighted by Crippen LogP contribution is 2.39. The van der Waals surface area contributed by atoms with Gasteiger partial charge in [-0.2, -0.15) is 0 Å². The maximum Gasteiger partial charge on any atom is 0.0757 e. The quantitative estimate of drug-likeness (QED) is 0.723. The number of hydrogen-bond donors (Lipinski definition) is 1. The molecule has 2 unspecified atom stereocenters. The molecule has 2 nitrogen and oxygen atoms in total. The maximum absolute atomic E-state index is 5.59. The molecule has 13 heavy (non-hydrogen) atoms. The first-order valence-corrected chi connectivity index (χ1v) is 5.20. The van der Waals surface area contributed by atoms with Crippen molar-refractivity contribution in [3.63, 3.8) is 0 Å². The molecular weight excluding hydrogens is 162 g/mol. The van der Waals surface area contributed by atoms with E-state index in [2.05, 4.69) is 26.1 Å². The smallest absolute Gasteiger partial charge is 0.0757 e. The summed E-state index contributed by atoms with van der Waals surface area (Å²) in [5.41, 5.74) is 0.276. The van der Waals surface area contributed by atoms with E-state index < -0.39 is 0 Å². The number of rotatable bonds is 4. The maximum atomic E-state index is 5.59. The molecular formula is C11H23NO. The minimum atomic E-state index is 0.276. The number of hydrogen-bond acceptors (Lipinski definition) is 2. The molecule has 0 heterocycles. The fourth-order valence-electron chi connectivity index (χ4n) is 2.12. The molecule has 1 fully saturated rings. The van der Waals surface area contributed by atoms with Crippen LogP contribution in [0.15, 0.2) is 0 Å². The van der Waals surface area contributed by atoms with E-state index in [1.54, 1.807) is 0 Å². The zero-order valence-corrected chi connectivity index (χ0v) is 9.55. The molecule has 1 aliphatic carbocycles. The van der Waals surface area contributed by atoms with E-state index in [1.165, 1.54) is 12.8 Å². The van der Waals surface area contributed by atoms with Crippen molar-refractivity contribution in [2.75, 3.05) is 14.2 Å². The second-order valence-corrected chi connectivity index (χ2v) is 5.17. The first-order chi connectivity index (χ1) is 6.00. The van der Waals surface area contributed by atoms with E-state index in [4.69, 9.17) is 4.74 Å². The van der Waals surface area contributed by atoms with Crippen LogP contribution in [0.4, 0.5) is 0 Å². The molecule has 1 saturated carbocycles. The lowest BCUT2D eigenvalue weighted by molar-refractivity contribution is 0.0171. The van der Waals surface area contributed by atoms with E-state index in [1.807, 2.05) is 14.2 Å². The average molecular weight is 185 g/mol. The largest absolute Gasteiger partial charge is 0.380 e. The van der Waals surface area contributed by atoms with Gasteiger partial charge in [0.2, 0.25) is 0 Å². The van der Waals surface area contributed by atoms with Crippen LogP contribution in [0, 0.1) is 11.3 Å². The Labute approximate surface area is 82.0 Å². The summed E-state index contributed by atoms with van der Waals surface area (Å²) in [6.45, 7) is 6.80. The summed E-state index contributed by atoms with van der Waals surface area (Å²) in [5.74, 6) is 0.793. The van der Waals surface area contributed by atoms with Crippen molar-refractivity contribution in [2.45, 2.75) is 45.8 Å². The summed E-state index contributed by atoms with van der Waals surface area (Å²) in [6.07, 6.45) is 3.07. The minimum Gasteiger partial charge on any atom is -0.380 e. The summed E-state index contributed by atoms with van der Waals surface area (Å²) < 4.78 is 5.59. The van der Waals surface area contributed by atoms with Gasteiger partial charge in [0, 0.05) is 13.2 Å². The lowest BCUT2D eigenvalue weighted by Crippen LogP contribution is -2.49. The molecule has 0 saturated heterocycles. The first-order valence-electron chi connectivity index (χ1n) is 5.20. The van der Waals surface area contributed by atoms with Crippen molar-refractivity contribution in [3.05, 3.63) is 0 Å². The Hall–Kier alpha value is -0.0800. The topological polar surface area (TPSA) is 21.3 Å². The Morgan fingerprint density at radius 3 is 2.08 bits per heavy atom. The van der Waals surface area contributed by atoms with E-state index in [9.17, 15) is 0 Å². The molecule has 0 bridgehead atoms. The van der Waals surface area contributed by atoms with Gasteiger partial charge in [-0.25, -0.2) is 0 Å². The first kappa shape index (κ1) is 11.0. The third-order valence-corrected chi connectivity index (χ3v) is 2.93. The Kier molecular flexibility index (Phi) is 3.36. The number of nitrogens with one attached hydrogen (secondary N) is 1. The van der Waals surface area contributed by atoms with Crippen LogP contribution >= 0.6 is 0 Å². The summed E-state index contributed by atoms with van der Waals surface area (Å²) in [5, 5.41) is 3.39. The lowest BCUT2D eigenvalue weighted by atomic mass is 9.82. The van der Waals surface area contributed by atoms with Crippen LogP contribution in [0.25, 0.3) is 0 Å². The van der Waals surface area contributed by atoms with E-state index in [0.717, 1.165) is 5.92 Å². The number of likely N-dealkylation sites (N-methyl/N-ethyl adjacent to an activating group) is 1. The lowest BCUT2D eigenvalue weighted by Gasteiger charge is -2.36. The summed E-state index contributed by atoms with van der Waals surface area (Å²) in [7, 11) is 3.86. The Morgan fingerprint density at radius 1 is 1.31 bits per heavy atom. The van der Waals surface area contributed by atoms with Gasteiger partial charge in [-0.15, -0.1) is 0 Å². The van der Waals surface area contributed by atoms with Crippen molar-refractivity contribution < 1.29 is 4.74 Å². The van der Waals surface area contributed by atoms with Crippen molar-refractivity contribution in [3.8, 4) is 0 Å². The highest BCUT2D eigenvalue weighted by molar-refractivity contribution is 4.94. The minimum absolute atomic E-state index is 0.276. The highest BCUT2D eigenvalue weighted by atomic mass is 16.5. The molecule has 78 valence electrons. The zero-order chi connectivity index (χ0) is 10.1. The highest BCUT2D eigenvalue weighted by Gasteiger charge is 2.40. The molecule has 1 aliphatic rings. The second-order valence-electron chi connectivity index (χ2n) is 5.17. The van der Waals surface area contributed by atoms with Crippen LogP contribution in [0.5, 0.6) is 0 Å². The van der Waals surface area contributed by atoms with Gasteiger partial charge in [0.25, 0.3) is 0 Å². The monoisotopic (exact) mass is 185 g/mol. The molecule has 2 heteroatoms. The zero-order valence-electron chi connectivity index (χ0n) is 9.55. The van der Waals surface area contributed by atoms with E-state index in [0.29, 0.717) is 12.1 Å². The molecule has 0 aromatic carbocycles.